The molecule has 0 N–H and O–H groups in total. The van der Waals surface area contributed by atoms with Gasteiger partial charge in [0.2, 0.25) is 5.22 Å². The van der Waals surface area contributed by atoms with Crippen LogP contribution in [0.3, 0.4) is 0 Å². The topological polar surface area (TPSA) is 35.5 Å². The van der Waals surface area contributed by atoms with Crippen LogP contribution in [-0.2, 0) is 13.3 Å². The molecule has 1 rings (SSSR count). The van der Waals surface area contributed by atoms with Crippen molar-refractivity contribution < 1.29 is 13.3 Å². The molecule has 0 saturated heterocycles. The summed E-state index contributed by atoms with van der Waals surface area (Å²) in [5, 5.41) is 0.252. The summed E-state index contributed by atoms with van der Waals surface area (Å²) in [6.45, 7) is 0. The first kappa shape index (κ1) is 9.92. The molecule has 0 fully saturated rings. The molecule has 6 heteroatoms. The minimum absolute atomic E-state index is 0.252. The van der Waals surface area contributed by atoms with Gasteiger partial charge in [-0.2, -0.15) is 0 Å². The van der Waals surface area contributed by atoms with E-state index >= 15 is 0 Å². The van der Waals surface area contributed by atoms with Crippen molar-refractivity contribution in [3.8, 4) is 0 Å². The summed E-state index contributed by atoms with van der Waals surface area (Å²) in [6, 6.07) is 0. The molecule has 0 amide bonds. The minimum atomic E-state index is -0.361. The molecular formula is C4H6AlClO3Si. The molecule has 54 valence electrons. The van der Waals surface area contributed by atoms with Gasteiger partial charge >= 0.3 is 27.1 Å². The van der Waals surface area contributed by atoms with E-state index in [1.165, 1.54) is 18.8 Å². The number of ether oxygens (including phenoxy) is 2. The summed E-state index contributed by atoms with van der Waals surface area (Å²) in [5.74, 6) is 0. The Morgan fingerprint density at radius 2 is 2.20 bits per heavy atom. The normalized spacial score (nSPS) is 13.1. The van der Waals surface area contributed by atoms with Crippen molar-refractivity contribution in [2.45, 2.75) is 0 Å². The fourth-order valence-electron chi connectivity index (χ4n) is 0.245. The van der Waals surface area contributed by atoms with Crippen molar-refractivity contribution in [2.75, 3.05) is 0 Å². The van der Waals surface area contributed by atoms with E-state index in [1.54, 1.807) is 0 Å². The summed E-state index contributed by atoms with van der Waals surface area (Å²) < 4.78 is 18.3. The predicted octanol–water partition coefficient (Wildman–Crippen LogP) is -0.141. The fourth-order valence-corrected chi connectivity index (χ4v) is 0.348. The maximum absolute atomic E-state index is 9.08. The van der Waals surface area contributed by atoms with Crippen molar-refractivity contribution in [1.29, 1.82) is 0 Å². The Morgan fingerprint density at radius 3 is 2.40 bits per heavy atom. The van der Waals surface area contributed by atoms with Gasteiger partial charge in [0.25, 0.3) is 0 Å². The molecule has 0 aromatic carbocycles. The third-order valence-electron chi connectivity index (χ3n) is 0.475. The molecule has 0 saturated carbocycles. The fraction of sp³-hybridized carbons (Fsp3) is 0. The van der Waals surface area contributed by atoms with Crippen LogP contribution in [0.5, 0.6) is 0 Å². The van der Waals surface area contributed by atoms with Crippen LogP contribution >= 0.6 is 11.6 Å². The van der Waals surface area contributed by atoms with E-state index in [-0.39, 0.29) is 19.7 Å². The number of hydrogen-bond donors (Lipinski definition) is 0. The van der Waals surface area contributed by atoms with Gasteiger partial charge in [-0.3, -0.25) is 0 Å². The maximum atomic E-state index is 9.08. The van der Waals surface area contributed by atoms with Gasteiger partial charge in [0.1, 0.15) is 18.8 Å². The molecule has 0 bridgehead atoms. The van der Waals surface area contributed by atoms with Crippen LogP contribution in [0.4, 0.5) is 0 Å². The summed E-state index contributed by atoms with van der Waals surface area (Å²) in [4.78, 5) is 0. The summed E-state index contributed by atoms with van der Waals surface area (Å²) in [6.07, 6.45) is 4.07. The quantitative estimate of drug-likeness (QED) is 0.501. The van der Waals surface area contributed by atoms with Gasteiger partial charge in [-0.15, -0.1) is 0 Å². The molecule has 0 atom stereocenters. The Bertz CT molecular complexity index is 159. The molecule has 0 aromatic rings. The van der Waals surface area contributed by atoms with Crippen molar-refractivity contribution >= 4 is 34.9 Å². The third kappa shape index (κ3) is 6.05. The van der Waals surface area contributed by atoms with Gasteiger partial charge in [0.05, 0.1) is 0 Å². The molecule has 0 aromatic heterocycles. The molecule has 0 radical (unpaired) electrons. The second-order valence-electron chi connectivity index (χ2n) is 1.18. The molecular weight excluding hydrogens is 187 g/mol. The second kappa shape index (κ2) is 7.03. The number of rotatable bonds is 0. The molecule has 10 heavy (non-hydrogen) atoms. The molecule has 1 aliphatic rings. The Morgan fingerprint density at radius 1 is 1.60 bits per heavy atom. The van der Waals surface area contributed by atoms with E-state index in [9.17, 15) is 0 Å². The van der Waals surface area contributed by atoms with Gasteiger partial charge in [-0.05, 0) is 11.6 Å². The molecule has 1 aliphatic heterocycles. The van der Waals surface area contributed by atoms with Gasteiger partial charge < -0.3 is 9.47 Å². The van der Waals surface area contributed by atoms with Crippen LogP contribution in [0, 0.1) is 0 Å². The number of halogens is 1. The average molecular weight is 193 g/mol. The van der Waals surface area contributed by atoms with Crippen LogP contribution in [0.2, 0.25) is 0 Å². The SMILES string of the molecule is ClC1=COC=CO1.[O]=[Al][SiH3]. The van der Waals surface area contributed by atoms with Gasteiger partial charge in [-0.1, -0.05) is 0 Å². The van der Waals surface area contributed by atoms with E-state index in [1.807, 2.05) is 0 Å². The molecule has 0 unspecified atom stereocenters. The van der Waals surface area contributed by atoms with E-state index in [4.69, 9.17) is 15.4 Å². The monoisotopic (exact) mass is 192 g/mol. The molecule has 0 aliphatic carbocycles. The Kier molecular flexibility index (Phi) is 6.97. The Hall–Kier alpha value is -0.0806. The van der Waals surface area contributed by atoms with Crippen LogP contribution in [0.15, 0.2) is 24.0 Å². The van der Waals surface area contributed by atoms with Crippen molar-refractivity contribution in [2.24, 2.45) is 0 Å². The van der Waals surface area contributed by atoms with Crippen molar-refractivity contribution in [3.05, 3.63) is 24.0 Å². The van der Waals surface area contributed by atoms with E-state index in [0.717, 1.165) is 8.80 Å². The van der Waals surface area contributed by atoms with Gasteiger partial charge in [0, 0.05) is 0 Å². The molecule has 3 nitrogen and oxygen atoms in total. The third-order valence-corrected chi connectivity index (χ3v) is 0.654. The van der Waals surface area contributed by atoms with E-state index < -0.39 is 0 Å². The zero-order chi connectivity index (χ0) is 7.82. The van der Waals surface area contributed by atoms with Crippen LogP contribution in [0.1, 0.15) is 0 Å². The first-order valence-electron chi connectivity index (χ1n) is 2.54. The van der Waals surface area contributed by atoms with Gasteiger partial charge in [-0.25, -0.2) is 0 Å². The number of hydrogen-bond acceptors (Lipinski definition) is 3. The zero-order valence-electron chi connectivity index (χ0n) is 5.41. The van der Waals surface area contributed by atoms with Crippen LogP contribution in [-0.4, -0.2) is 23.3 Å². The Labute approximate surface area is 72.4 Å². The van der Waals surface area contributed by atoms with Crippen molar-refractivity contribution in [3.63, 3.8) is 0 Å². The van der Waals surface area contributed by atoms with E-state index in [2.05, 4.69) is 9.47 Å². The Balaban J connectivity index is 0.000000236. The van der Waals surface area contributed by atoms with E-state index in [0.29, 0.717) is 0 Å². The second-order valence-corrected chi connectivity index (χ2v) is 3.44. The molecule has 1 heterocycles. The average Bonchev–Trinajstić information content (AvgIpc) is 1.91. The first-order chi connectivity index (χ1) is 4.81. The predicted molar refractivity (Wildman–Crippen MR) is 41.6 cm³/mol. The summed E-state index contributed by atoms with van der Waals surface area (Å²) in [7, 11) is 0.897. The molecule has 0 spiro atoms. The first-order valence-corrected chi connectivity index (χ1v) is 8.00. The van der Waals surface area contributed by atoms with Gasteiger partial charge in [0.15, 0.2) is 0 Å². The zero-order valence-corrected chi connectivity index (χ0v) is 9.32. The summed E-state index contributed by atoms with van der Waals surface area (Å²) in [5.41, 5.74) is 0. The summed E-state index contributed by atoms with van der Waals surface area (Å²) >= 11 is 4.92. The van der Waals surface area contributed by atoms with Crippen LogP contribution < -0.4 is 0 Å². The van der Waals surface area contributed by atoms with Crippen LogP contribution in [0.25, 0.3) is 0 Å². The van der Waals surface area contributed by atoms with Crippen molar-refractivity contribution in [1.82, 2.24) is 0 Å². The standard InChI is InChI=1S/C4H3ClO2.Al.O.H3Si/c5-4-3-6-1-2-7-4;;;/h1-3H;;;1H3.